The molecule has 1 N–H and O–H groups in total. The van der Waals surface area contributed by atoms with Crippen molar-refractivity contribution in [2.45, 2.75) is 11.0 Å². The number of fused-ring (bicyclic) bond motifs is 1. The van der Waals surface area contributed by atoms with Crippen molar-refractivity contribution in [2.75, 3.05) is 31.1 Å². The van der Waals surface area contributed by atoms with Gasteiger partial charge >= 0.3 is 0 Å². The first kappa shape index (κ1) is 23.7. The van der Waals surface area contributed by atoms with Crippen molar-refractivity contribution in [1.29, 1.82) is 0 Å². The summed E-state index contributed by atoms with van der Waals surface area (Å²) in [6.45, 7) is 0.251. The number of para-hydroxylation sites is 2. The highest BCUT2D eigenvalue weighted by atomic mass is 35.5. The molecule has 3 aromatic rings. The van der Waals surface area contributed by atoms with Crippen LogP contribution in [0.3, 0.4) is 0 Å². The summed E-state index contributed by atoms with van der Waals surface area (Å²) in [7, 11) is -2.38. The molecule has 178 valence electrons. The first-order valence-corrected chi connectivity index (χ1v) is 12.3. The van der Waals surface area contributed by atoms with Gasteiger partial charge in [-0.2, -0.15) is 0 Å². The molecular weight excluding hydrogens is 480 g/mol. The smallest absolute Gasteiger partial charge is 0.264 e. The van der Waals surface area contributed by atoms with Gasteiger partial charge in [0.2, 0.25) is 0 Å². The van der Waals surface area contributed by atoms with E-state index in [0.717, 1.165) is 0 Å². The second kappa shape index (κ2) is 10.2. The van der Waals surface area contributed by atoms with Crippen LogP contribution < -0.4 is 23.8 Å². The Bertz CT molecular complexity index is 1270. The van der Waals surface area contributed by atoms with Crippen molar-refractivity contribution in [2.24, 2.45) is 0 Å². The number of hydrogen-bond donors (Lipinski definition) is 1. The highest BCUT2D eigenvalue weighted by Crippen LogP contribution is 2.37. The van der Waals surface area contributed by atoms with E-state index in [1.165, 1.54) is 28.6 Å². The summed E-state index contributed by atoms with van der Waals surface area (Å²) < 4.78 is 44.5. The van der Waals surface area contributed by atoms with E-state index in [1.807, 2.05) is 0 Å². The van der Waals surface area contributed by atoms with Crippen LogP contribution in [0.25, 0.3) is 0 Å². The number of methoxy groups -OCH3 is 1. The molecule has 1 heterocycles. The standard InChI is InChI=1S/C24H23ClN2O6S/c1-31-18-5-4-6-19(15-18)32-14-13-26-24(28)23-16-27(21-7-2-3-8-22(21)33-23)34(29,30)20-11-9-17(25)10-12-20/h2-12,15,23H,13-14,16H2,1H3,(H,26,28)/t23-/m1/s1. The monoisotopic (exact) mass is 502 g/mol. The summed E-state index contributed by atoms with van der Waals surface area (Å²) in [4.78, 5) is 12.9. The van der Waals surface area contributed by atoms with Crippen molar-refractivity contribution < 1.29 is 27.4 Å². The normalized spacial score (nSPS) is 15.1. The van der Waals surface area contributed by atoms with Gasteiger partial charge in [0.15, 0.2) is 6.10 Å². The molecule has 4 rings (SSSR count). The van der Waals surface area contributed by atoms with Crippen LogP contribution in [0.2, 0.25) is 5.02 Å². The Balaban J connectivity index is 1.44. The van der Waals surface area contributed by atoms with Gasteiger partial charge in [-0.05, 0) is 48.5 Å². The number of halogens is 1. The number of rotatable bonds is 8. The first-order chi connectivity index (χ1) is 16.4. The number of nitrogens with zero attached hydrogens (tertiary/aromatic N) is 1. The fourth-order valence-electron chi connectivity index (χ4n) is 3.45. The van der Waals surface area contributed by atoms with Crippen molar-refractivity contribution >= 4 is 33.2 Å². The van der Waals surface area contributed by atoms with Crippen LogP contribution >= 0.6 is 11.6 Å². The lowest BCUT2D eigenvalue weighted by atomic mass is 10.2. The number of hydrogen-bond acceptors (Lipinski definition) is 6. The van der Waals surface area contributed by atoms with E-state index in [9.17, 15) is 13.2 Å². The lowest BCUT2D eigenvalue weighted by Crippen LogP contribution is -2.51. The number of anilines is 1. The number of amides is 1. The third kappa shape index (κ3) is 5.21. The Morgan fingerprint density at radius 3 is 2.59 bits per heavy atom. The average Bonchev–Trinajstić information content (AvgIpc) is 2.86. The van der Waals surface area contributed by atoms with Gasteiger partial charge in [0.1, 0.15) is 23.9 Å². The lowest BCUT2D eigenvalue weighted by molar-refractivity contribution is -0.127. The Morgan fingerprint density at radius 2 is 1.82 bits per heavy atom. The molecule has 0 aromatic heterocycles. The quantitative estimate of drug-likeness (QED) is 0.474. The van der Waals surface area contributed by atoms with Gasteiger partial charge in [0.25, 0.3) is 15.9 Å². The molecule has 1 aliphatic heterocycles. The Kier molecular flexibility index (Phi) is 7.14. The van der Waals surface area contributed by atoms with E-state index in [1.54, 1.807) is 55.6 Å². The Morgan fingerprint density at radius 1 is 1.09 bits per heavy atom. The predicted molar refractivity (Wildman–Crippen MR) is 128 cm³/mol. The molecule has 34 heavy (non-hydrogen) atoms. The second-order valence-electron chi connectivity index (χ2n) is 7.38. The van der Waals surface area contributed by atoms with Crippen molar-refractivity contribution in [3.63, 3.8) is 0 Å². The van der Waals surface area contributed by atoms with Crippen molar-refractivity contribution in [3.05, 3.63) is 77.8 Å². The van der Waals surface area contributed by atoms with E-state index in [0.29, 0.717) is 28.0 Å². The molecule has 0 bridgehead atoms. The summed E-state index contributed by atoms with van der Waals surface area (Å²) in [5, 5.41) is 3.17. The Hall–Kier alpha value is -3.43. The average molecular weight is 503 g/mol. The van der Waals surface area contributed by atoms with E-state index in [-0.39, 0.29) is 24.6 Å². The van der Waals surface area contributed by atoms with Crippen LogP contribution in [0.5, 0.6) is 17.2 Å². The molecule has 0 saturated carbocycles. The van der Waals surface area contributed by atoms with Crippen LogP contribution in [-0.2, 0) is 14.8 Å². The van der Waals surface area contributed by atoms with E-state index < -0.39 is 22.0 Å². The molecule has 0 unspecified atom stereocenters. The number of ether oxygens (including phenoxy) is 3. The molecule has 0 saturated heterocycles. The van der Waals surface area contributed by atoms with Crippen molar-refractivity contribution in [1.82, 2.24) is 5.32 Å². The van der Waals surface area contributed by atoms with Gasteiger partial charge in [-0.25, -0.2) is 8.42 Å². The zero-order chi connectivity index (χ0) is 24.1. The SMILES string of the molecule is COc1cccc(OCCNC(=O)[C@H]2CN(S(=O)(=O)c3ccc(Cl)cc3)c3ccccc3O2)c1. The summed E-state index contributed by atoms with van der Waals surface area (Å²) in [5.41, 5.74) is 0.364. The summed E-state index contributed by atoms with van der Waals surface area (Å²) >= 11 is 5.91. The van der Waals surface area contributed by atoms with Crippen LogP contribution in [0.15, 0.2) is 77.7 Å². The maximum absolute atomic E-state index is 13.4. The number of benzene rings is 3. The highest BCUT2D eigenvalue weighted by Gasteiger charge is 2.37. The van der Waals surface area contributed by atoms with Gasteiger partial charge in [0.05, 0.1) is 30.8 Å². The van der Waals surface area contributed by atoms with Crippen LogP contribution in [0.4, 0.5) is 5.69 Å². The topological polar surface area (TPSA) is 94.2 Å². The molecular formula is C24H23ClN2O6S. The maximum atomic E-state index is 13.4. The molecule has 1 aliphatic rings. The maximum Gasteiger partial charge on any atom is 0.264 e. The molecule has 3 aromatic carbocycles. The summed E-state index contributed by atoms with van der Waals surface area (Å²) in [5.74, 6) is 1.13. The molecule has 0 fully saturated rings. The van der Waals surface area contributed by atoms with Crippen molar-refractivity contribution in [3.8, 4) is 17.2 Å². The van der Waals surface area contributed by atoms with E-state index >= 15 is 0 Å². The summed E-state index contributed by atoms with van der Waals surface area (Å²) in [6, 6.07) is 19.7. The van der Waals surface area contributed by atoms with E-state index in [4.69, 9.17) is 25.8 Å². The number of carbonyl (C=O) groups excluding carboxylic acids is 1. The minimum absolute atomic E-state index is 0.0689. The summed E-state index contributed by atoms with van der Waals surface area (Å²) in [6.07, 6.45) is -1.03. The number of nitrogens with one attached hydrogen (secondary N) is 1. The third-order valence-electron chi connectivity index (χ3n) is 5.14. The molecule has 1 atom stereocenters. The van der Waals surface area contributed by atoms with Gasteiger partial charge < -0.3 is 19.5 Å². The van der Waals surface area contributed by atoms with Gasteiger partial charge in [-0.15, -0.1) is 0 Å². The first-order valence-electron chi connectivity index (χ1n) is 10.5. The minimum atomic E-state index is -3.95. The second-order valence-corrected chi connectivity index (χ2v) is 9.68. The Labute approximate surface area is 203 Å². The predicted octanol–water partition coefficient (Wildman–Crippen LogP) is 3.50. The molecule has 0 radical (unpaired) electrons. The molecule has 0 aliphatic carbocycles. The lowest BCUT2D eigenvalue weighted by Gasteiger charge is -2.34. The third-order valence-corrected chi connectivity index (χ3v) is 7.19. The van der Waals surface area contributed by atoms with Crippen LogP contribution in [-0.4, -0.2) is 47.2 Å². The largest absolute Gasteiger partial charge is 0.497 e. The van der Waals surface area contributed by atoms with Gasteiger partial charge in [0, 0.05) is 11.1 Å². The highest BCUT2D eigenvalue weighted by molar-refractivity contribution is 7.92. The van der Waals surface area contributed by atoms with Gasteiger partial charge in [-0.3, -0.25) is 9.10 Å². The van der Waals surface area contributed by atoms with E-state index in [2.05, 4.69) is 5.32 Å². The zero-order valence-corrected chi connectivity index (χ0v) is 19.9. The van der Waals surface area contributed by atoms with Gasteiger partial charge in [-0.1, -0.05) is 29.8 Å². The molecule has 10 heteroatoms. The molecule has 1 amide bonds. The number of sulfonamides is 1. The van der Waals surface area contributed by atoms with Crippen LogP contribution in [0, 0.1) is 0 Å². The molecule has 8 nitrogen and oxygen atoms in total. The minimum Gasteiger partial charge on any atom is -0.497 e. The molecule has 0 spiro atoms. The fraction of sp³-hybridized carbons (Fsp3) is 0.208. The number of carbonyl (C=O) groups is 1. The fourth-order valence-corrected chi connectivity index (χ4v) is 5.05. The zero-order valence-electron chi connectivity index (χ0n) is 18.3. The van der Waals surface area contributed by atoms with Crippen LogP contribution in [0.1, 0.15) is 0 Å².